The lowest BCUT2D eigenvalue weighted by atomic mass is 9.79. The summed E-state index contributed by atoms with van der Waals surface area (Å²) in [5, 5.41) is 6.40. The summed E-state index contributed by atoms with van der Waals surface area (Å²) in [5.41, 5.74) is 5.09. The van der Waals surface area contributed by atoms with E-state index in [-0.39, 0.29) is 41.5 Å². The van der Waals surface area contributed by atoms with Gasteiger partial charge in [-0.2, -0.15) is 0 Å². The number of nitrogens with zero attached hydrogens (tertiary/aromatic N) is 2. The van der Waals surface area contributed by atoms with Crippen LogP contribution in [0, 0.1) is 13.8 Å². The van der Waals surface area contributed by atoms with E-state index in [4.69, 9.17) is 0 Å². The van der Waals surface area contributed by atoms with Gasteiger partial charge in [-0.15, -0.1) is 22.7 Å². The molecule has 7 aromatic rings. The van der Waals surface area contributed by atoms with Crippen molar-refractivity contribution in [3.05, 3.63) is 92.4 Å². The minimum absolute atomic E-state index is 0.00866. The van der Waals surface area contributed by atoms with Crippen molar-refractivity contribution in [2.75, 3.05) is 0 Å². The van der Waals surface area contributed by atoms with Crippen LogP contribution in [0.1, 0.15) is 147 Å². The number of fused-ring (bicyclic) bond motifs is 5. The van der Waals surface area contributed by atoms with Crippen LogP contribution in [-0.2, 0) is 0 Å². The molecule has 0 saturated heterocycles. The third kappa shape index (κ3) is 4.98. The highest BCUT2D eigenvalue weighted by Crippen LogP contribution is 2.54. The first-order chi connectivity index (χ1) is 28.0. The van der Waals surface area contributed by atoms with Gasteiger partial charge in [0.15, 0.2) is 5.78 Å². The van der Waals surface area contributed by atoms with Crippen molar-refractivity contribution in [3.63, 3.8) is 0 Å². The lowest BCUT2D eigenvalue weighted by molar-refractivity contribution is 0.0526. The first-order valence-electron chi connectivity index (χ1n) is 20.8. The second kappa shape index (κ2) is 13.4. The number of imide groups is 2. The molecule has 7 nitrogen and oxygen atoms in total. The first kappa shape index (κ1) is 37.0. The van der Waals surface area contributed by atoms with E-state index in [0.717, 1.165) is 120 Å². The van der Waals surface area contributed by atoms with E-state index in [1.165, 1.54) is 9.80 Å². The van der Waals surface area contributed by atoms with Crippen molar-refractivity contribution in [1.29, 1.82) is 0 Å². The van der Waals surface area contributed by atoms with Gasteiger partial charge in [0.1, 0.15) is 0 Å². The van der Waals surface area contributed by atoms with Gasteiger partial charge in [-0.05, 0) is 115 Å². The van der Waals surface area contributed by atoms with Gasteiger partial charge >= 0.3 is 0 Å². The van der Waals surface area contributed by atoms with Gasteiger partial charge in [0.25, 0.3) is 23.6 Å². The fraction of sp³-hybridized carbons (Fsp3) is 0.327. The number of carbonyl (C=O) groups is 5. The third-order valence-electron chi connectivity index (χ3n) is 13.0. The second-order valence-electron chi connectivity index (χ2n) is 16.7. The van der Waals surface area contributed by atoms with Crippen LogP contribution in [0.3, 0.4) is 0 Å². The molecule has 2 unspecified atom stereocenters. The Morgan fingerprint density at radius 1 is 0.500 bits per heavy atom. The monoisotopic (exact) mass is 804 g/mol. The molecule has 2 aromatic heterocycles. The number of hydrogen-bond acceptors (Lipinski definition) is 7. The summed E-state index contributed by atoms with van der Waals surface area (Å²) >= 11 is 3.18. The zero-order chi connectivity index (χ0) is 40.5. The zero-order valence-corrected chi connectivity index (χ0v) is 35.3. The molecule has 0 saturated carbocycles. The average molecular weight is 805 g/mol. The molecule has 9 heteroatoms. The Kier molecular flexibility index (Phi) is 8.56. The molecular formula is C49H44N2O5S2. The third-order valence-corrected chi connectivity index (χ3v) is 15.4. The smallest absolute Gasteiger partial charge is 0.261 e. The minimum atomic E-state index is -0.306. The van der Waals surface area contributed by atoms with E-state index >= 15 is 0 Å². The number of unbranched alkanes of at least 4 members (excludes halogenated alkanes) is 4. The summed E-state index contributed by atoms with van der Waals surface area (Å²) in [7, 11) is 0. The summed E-state index contributed by atoms with van der Waals surface area (Å²) in [5.74, 6) is -1.14. The fourth-order valence-corrected chi connectivity index (χ4v) is 12.5. The van der Waals surface area contributed by atoms with Crippen LogP contribution in [0.4, 0.5) is 0 Å². The Labute approximate surface area is 345 Å². The lowest BCUT2D eigenvalue weighted by Crippen LogP contribution is -2.46. The predicted molar refractivity (Wildman–Crippen MR) is 235 cm³/mol. The molecule has 0 bridgehead atoms. The van der Waals surface area contributed by atoms with Gasteiger partial charge in [0.2, 0.25) is 0 Å². The highest BCUT2D eigenvalue weighted by Gasteiger charge is 2.41. The van der Waals surface area contributed by atoms with Crippen LogP contribution < -0.4 is 0 Å². The predicted octanol–water partition coefficient (Wildman–Crippen LogP) is 12.5. The molecule has 0 fully saturated rings. The van der Waals surface area contributed by atoms with Crippen LogP contribution in [0.5, 0.6) is 0 Å². The Morgan fingerprint density at radius 3 is 1.59 bits per heavy atom. The van der Waals surface area contributed by atoms with Crippen molar-refractivity contribution in [2.24, 2.45) is 0 Å². The van der Waals surface area contributed by atoms with E-state index in [1.54, 1.807) is 22.7 Å². The van der Waals surface area contributed by atoms with Gasteiger partial charge in [-0.3, -0.25) is 33.8 Å². The van der Waals surface area contributed by atoms with Crippen LogP contribution >= 0.6 is 22.7 Å². The maximum Gasteiger partial charge on any atom is 0.261 e. The number of aryl methyl sites for hydroxylation is 2. The highest BCUT2D eigenvalue weighted by molar-refractivity contribution is 7.25. The number of carbonyl (C=O) groups excluding carboxylic acids is 5. The van der Waals surface area contributed by atoms with Crippen LogP contribution in [0.25, 0.3) is 63.3 Å². The van der Waals surface area contributed by atoms with Gasteiger partial charge in [0.05, 0.1) is 9.75 Å². The maximum absolute atomic E-state index is 14.8. The Hall–Kier alpha value is -5.25. The molecule has 292 valence electrons. The van der Waals surface area contributed by atoms with Crippen LogP contribution in [0.2, 0.25) is 0 Å². The summed E-state index contributed by atoms with van der Waals surface area (Å²) < 4.78 is 0. The molecule has 0 N–H and O–H groups in total. The molecule has 4 amide bonds. The maximum atomic E-state index is 14.8. The fourth-order valence-electron chi connectivity index (χ4n) is 10.2. The number of ketones is 1. The van der Waals surface area contributed by atoms with E-state index in [0.29, 0.717) is 38.6 Å². The van der Waals surface area contributed by atoms with Crippen LogP contribution in [-0.4, -0.2) is 51.3 Å². The van der Waals surface area contributed by atoms with E-state index < -0.39 is 0 Å². The van der Waals surface area contributed by atoms with E-state index in [9.17, 15) is 24.0 Å². The Bertz CT molecular complexity index is 3000. The van der Waals surface area contributed by atoms with Crippen LogP contribution in [0.15, 0.2) is 48.5 Å². The molecule has 4 heterocycles. The highest BCUT2D eigenvalue weighted by atomic mass is 32.1. The zero-order valence-electron chi connectivity index (χ0n) is 33.7. The van der Waals surface area contributed by atoms with Crippen molar-refractivity contribution >= 4 is 95.2 Å². The molecule has 58 heavy (non-hydrogen) atoms. The van der Waals surface area contributed by atoms with E-state index in [1.807, 2.05) is 76.2 Å². The van der Waals surface area contributed by atoms with Crippen molar-refractivity contribution in [1.82, 2.24) is 9.80 Å². The number of rotatable bonds is 11. The summed E-state index contributed by atoms with van der Waals surface area (Å²) in [6.07, 6.45) is 7.49. The van der Waals surface area contributed by atoms with Crippen molar-refractivity contribution in [3.8, 4) is 20.2 Å². The Morgan fingerprint density at radius 2 is 1.00 bits per heavy atom. The molecule has 1 aliphatic carbocycles. The molecule has 0 spiro atoms. The van der Waals surface area contributed by atoms with Gasteiger partial charge < -0.3 is 0 Å². The second-order valence-corrected chi connectivity index (χ2v) is 19.0. The quantitative estimate of drug-likeness (QED) is 0.0562. The normalized spacial score (nSPS) is 15.9. The largest absolute Gasteiger partial charge is 0.288 e. The average Bonchev–Trinajstić information content (AvgIpc) is 3.88. The lowest BCUT2D eigenvalue weighted by Gasteiger charge is -2.34. The number of amides is 4. The number of thiophene rings is 2. The molecule has 10 rings (SSSR count). The standard InChI is InChI=1S/C49H44N2O5S2/c1-7-9-11-13-24(4)50-46(53)29-18-16-28-38-31(36-22-35-43(52)34-20-26(6)57-44(34)45(35)58-36)21-33-40-30(47(54)51(49(33)56)25(5)14-12-10-8-2)17-15-27(42(38)40)37-23(3)19-32(48(50)55)39(29)41(28)37/h15-22,24-25H,7-14H2,1-6H3. The summed E-state index contributed by atoms with van der Waals surface area (Å²) in [6.45, 7) is 12.2. The topological polar surface area (TPSA) is 91.8 Å². The SMILES string of the molecule is CCCCCC(C)N1C(=O)c2ccc3c4c(-c5cc6c(s5)-c5sc(C)cc5C6=O)cc5c6c(ccc(c7c(C)cc(c2c37)C1=O)c64)C(=O)N(C(C)CCCCC)C5=O. The van der Waals surface area contributed by atoms with Gasteiger partial charge in [0, 0.05) is 71.6 Å². The Balaban J connectivity index is 1.28. The van der Waals surface area contributed by atoms with Crippen molar-refractivity contribution < 1.29 is 24.0 Å². The first-order valence-corrected chi connectivity index (χ1v) is 22.4. The van der Waals surface area contributed by atoms with Gasteiger partial charge in [-0.1, -0.05) is 64.5 Å². The number of hydrogen-bond donors (Lipinski definition) is 0. The molecule has 2 aliphatic heterocycles. The van der Waals surface area contributed by atoms with Gasteiger partial charge in [-0.25, -0.2) is 0 Å². The van der Waals surface area contributed by atoms with E-state index in [2.05, 4.69) is 13.8 Å². The van der Waals surface area contributed by atoms with Crippen molar-refractivity contribution in [2.45, 2.75) is 105 Å². The molecule has 0 radical (unpaired) electrons. The minimum Gasteiger partial charge on any atom is -0.288 e. The number of benzene rings is 5. The molecule has 2 atom stereocenters. The molecule has 3 aliphatic rings. The summed E-state index contributed by atoms with van der Waals surface area (Å²) in [4.78, 5) is 78.7. The molecular weight excluding hydrogens is 761 g/mol. The molecule has 5 aromatic carbocycles. The summed E-state index contributed by atoms with van der Waals surface area (Å²) in [6, 6.07) is 15.0.